The van der Waals surface area contributed by atoms with Crippen LogP contribution < -0.4 is 15.6 Å². The summed E-state index contributed by atoms with van der Waals surface area (Å²) in [4.78, 5) is 27.6. The van der Waals surface area contributed by atoms with Crippen molar-refractivity contribution in [2.45, 2.75) is 30.6 Å². The maximum absolute atomic E-state index is 12.5. The predicted octanol–water partition coefficient (Wildman–Crippen LogP) is 2.61. The van der Waals surface area contributed by atoms with Gasteiger partial charge in [0.2, 0.25) is 0 Å². The minimum absolute atomic E-state index is 0.0647. The Labute approximate surface area is 163 Å². The third-order valence-corrected chi connectivity index (χ3v) is 6.17. The van der Waals surface area contributed by atoms with Crippen LogP contribution in [0.1, 0.15) is 34.5 Å². The van der Waals surface area contributed by atoms with E-state index in [9.17, 15) is 13.8 Å². The highest BCUT2D eigenvalue weighted by molar-refractivity contribution is 7.95. The number of benzene rings is 1. The fourth-order valence-corrected chi connectivity index (χ4v) is 4.24. The number of aryl methyl sites for hydroxylation is 2. The Morgan fingerprint density at radius 1 is 1.32 bits per heavy atom. The Morgan fingerprint density at radius 2 is 2.11 bits per heavy atom. The first-order valence-electron chi connectivity index (χ1n) is 9.03. The van der Waals surface area contributed by atoms with E-state index >= 15 is 0 Å². The molecule has 0 spiro atoms. The largest absolute Gasteiger partial charge is 0.497 e. The summed E-state index contributed by atoms with van der Waals surface area (Å²) >= 11 is 0. The number of amides is 1. The molecule has 0 radical (unpaired) electrons. The van der Waals surface area contributed by atoms with Crippen LogP contribution in [-0.4, -0.2) is 28.8 Å². The number of fused-ring (bicyclic) bond motifs is 1. The van der Waals surface area contributed by atoms with Gasteiger partial charge in [-0.25, -0.2) is 8.99 Å². The molecule has 0 saturated heterocycles. The van der Waals surface area contributed by atoms with Crippen molar-refractivity contribution in [3.05, 3.63) is 69.0 Å². The van der Waals surface area contributed by atoms with Crippen LogP contribution in [0.25, 0.3) is 0 Å². The normalized spacial score (nSPS) is 15.6. The van der Waals surface area contributed by atoms with Crippen LogP contribution in [0.4, 0.5) is 0 Å². The predicted molar refractivity (Wildman–Crippen MR) is 107 cm³/mol. The SMILES string of the molecule is COc1cccc(S(=N)(=O)/C=C/CNC(=O)c2cc3c([nH]c2=O)CCCC3)c1. The van der Waals surface area contributed by atoms with Crippen LogP contribution in [0, 0.1) is 4.78 Å². The monoisotopic (exact) mass is 401 g/mol. The molecule has 1 aliphatic carbocycles. The van der Waals surface area contributed by atoms with E-state index in [1.807, 2.05) is 0 Å². The van der Waals surface area contributed by atoms with E-state index in [1.54, 1.807) is 30.3 Å². The number of aromatic amines is 1. The molecule has 0 saturated carbocycles. The summed E-state index contributed by atoms with van der Waals surface area (Å²) in [6.45, 7) is 0.0647. The van der Waals surface area contributed by atoms with Crippen LogP contribution in [-0.2, 0) is 22.6 Å². The minimum atomic E-state index is -3.16. The van der Waals surface area contributed by atoms with Crippen molar-refractivity contribution in [1.82, 2.24) is 10.3 Å². The molecule has 0 aliphatic heterocycles. The molecule has 28 heavy (non-hydrogen) atoms. The van der Waals surface area contributed by atoms with Gasteiger partial charge in [0.15, 0.2) is 0 Å². The van der Waals surface area contributed by atoms with Gasteiger partial charge in [0.05, 0.1) is 21.7 Å². The van der Waals surface area contributed by atoms with E-state index in [1.165, 1.54) is 18.6 Å². The van der Waals surface area contributed by atoms with E-state index in [-0.39, 0.29) is 12.1 Å². The Balaban J connectivity index is 1.66. The van der Waals surface area contributed by atoms with E-state index in [2.05, 4.69) is 10.3 Å². The van der Waals surface area contributed by atoms with Crippen LogP contribution in [0.2, 0.25) is 0 Å². The highest BCUT2D eigenvalue weighted by Crippen LogP contribution is 2.20. The number of aromatic nitrogens is 1. The van der Waals surface area contributed by atoms with Crippen LogP contribution in [0.15, 0.2) is 51.5 Å². The topological polar surface area (TPSA) is 112 Å². The van der Waals surface area contributed by atoms with Crippen molar-refractivity contribution < 1.29 is 13.7 Å². The summed E-state index contributed by atoms with van der Waals surface area (Å²) in [5.41, 5.74) is 1.61. The molecule has 3 rings (SSSR count). The lowest BCUT2D eigenvalue weighted by molar-refractivity contribution is 0.0956. The van der Waals surface area contributed by atoms with Crippen molar-refractivity contribution in [3.8, 4) is 5.75 Å². The van der Waals surface area contributed by atoms with Gasteiger partial charge in [-0.3, -0.25) is 9.59 Å². The first-order chi connectivity index (χ1) is 13.4. The fraction of sp³-hybridized carbons (Fsp3) is 0.300. The van der Waals surface area contributed by atoms with Gasteiger partial charge in [-0.05, 0) is 55.5 Å². The molecular formula is C20H23N3O4S. The second-order valence-electron chi connectivity index (χ2n) is 6.58. The molecule has 1 heterocycles. The van der Waals surface area contributed by atoms with Gasteiger partial charge in [-0.2, -0.15) is 0 Å². The number of carbonyl (C=O) groups excluding carboxylic acids is 1. The molecule has 0 fully saturated rings. The van der Waals surface area contributed by atoms with Gasteiger partial charge in [-0.1, -0.05) is 12.1 Å². The zero-order valence-electron chi connectivity index (χ0n) is 15.6. The molecule has 3 N–H and O–H groups in total. The molecule has 1 amide bonds. The lowest BCUT2D eigenvalue weighted by Gasteiger charge is -2.15. The standard InChI is InChI=1S/C20H23N3O4S/c1-27-15-7-4-8-16(13-15)28(21,26)11-5-10-22-19(24)17-12-14-6-2-3-9-18(14)23-20(17)25/h4-5,7-8,11-13,21H,2-3,6,9-10H2,1H3,(H,22,24)(H,23,25)/b11-5+. The van der Waals surface area contributed by atoms with Gasteiger partial charge in [-0.15, -0.1) is 0 Å². The molecule has 0 bridgehead atoms. The molecule has 7 nitrogen and oxygen atoms in total. The number of carbonyl (C=O) groups is 1. The summed E-state index contributed by atoms with van der Waals surface area (Å²) in [5, 5.41) is 3.86. The second-order valence-corrected chi connectivity index (χ2v) is 8.53. The summed E-state index contributed by atoms with van der Waals surface area (Å²) < 4.78 is 25.7. The Kier molecular flexibility index (Phi) is 5.99. The Hall–Kier alpha value is -2.87. The van der Waals surface area contributed by atoms with E-state index < -0.39 is 21.2 Å². The van der Waals surface area contributed by atoms with Crippen molar-refractivity contribution in [2.75, 3.05) is 13.7 Å². The van der Waals surface area contributed by atoms with Gasteiger partial charge in [0.25, 0.3) is 11.5 Å². The summed E-state index contributed by atoms with van der Waals surface area (Å²) in [5.74, 6) is 0.0305. The molecule has 1 unspecified atom stereocenters. The third kappa shape index (κ3) is 4.51. The van der Waals surface area contributed by atoms with Crippen molar-refractivity contribution in [2.24, 2.45) is 0 Å². The molecular weight excluding hydrogens is 378 g/mol. The van der Waals surface area contributed by atoms with Gasteiger partial charge in [0.1, 0.15) is 11.3 Å². The fourth-order valence-electron chi connectivity index (χ4n) is 3.14. The Bertz CT molecular complexity index is 1070. The number of nitrogens with one attached hydrogen (secondary N) is 3. The van der Waals surface area contributed by atoms with Gasteiger partial charge < -0.3 is 15.0 Å². The Morgan fingerprint density at radius 3 is 2.89 bits per heavy atom. The molecule has 148 valence electrons. The number of hydrogen-bond donors (Lipinski definition) is 3. The number of H-pyrrole nitrogens is 1. The maximum Gasteiger partial charge on any atom is 0.261 e. The smallest absolute Gasteiger partial charge is 0.261 e. The van der Waals surface area contributed by atoms with Crippen molar-refractivity contribution in [1.29, 1.82) is 4.78 Å². The molecule has 1 aromatic heterocycles. The zero-order chi connectivity index (χ0) is 20.1. The van der Waals surface area contributed by atoms with Crippen molar-refractivity contribution in [3.63, 3.8) is 0 Å². The minimum Gasteiger partial charge on any atom is -0.497 e. The van der Waals surface area contributed by atoms with E-state index in [0.29, 0.717) is 10.6 Å². The highest BCUT2D eigenvalue weighted by Gasteiger charge is 2.16. The number of ether oxygens (including phenoxy) is 1. The molecule has 1 aliphatic rings. The average Bonchev–Trinajstić information content (AvgIpc) is 2.70. The average molecular weight is 401 g/mol. The maximum atomic E-state index is 12.5. The van der Waals surface area contributed by atoms with Gasteiger partial charge >= 0.3 is 0 Å². The van der Waals surface area contributed by atoms with Crippen molar-refractivity contribution >= 4 is 15.6 Å². The zero-order valence-corrected chi connectivity index (χ0v) is 16.4. The van der Waals surface area contributed by atoms with Crippen LogP contribution >= 0.6 is 0 Å². The second kappa shape index (κ2) is 8.43. The molecule has 2 aromatic rings. The van der Waals surface area contributed by atoms with Gasteiger partial charge in [0, 0.05) is 17.6 Å². The summed E-state index contributed by atoms with van der Waals surface area (Å²) in [6.07, 6.45) is 5.23. The lowest BCUT2D eigenvalue weighted by atomic mass is 9.95. The first kappa shape index (κ1) is 19.9. The molecule has 1 atom stereocenters. The van der Waals surface area contributed by atoms with Crippen LogP contribution in [0.3, 0.4) is 0 Å². The number of pyridine rings is 1. The van der Waals surface area contributed by atoms with E-state index in [4.69, 9.17) is 9.52 Å². The highest BCUT2D eigenvalue weighted by atomic mass is 32.2. The molecule has 8 heteroatoms. The summed E-state index contributed by atoms with van der Waals surface area (Å²) in [7, 11) is -1.66. The first-order valence-corrected chi connectivity index (χ1v) is 10.7. The number of hydrogen-bond acceptors (Lipinski definition) is 5. The van der Waals surface area contributed by atoms with E-state index in [0.717, 1.165) is 36.9 Å². The third-order valence-electron chi connectivity index (χ3n) is 4.64. The number of methoxy groups -OCH3 is 1. The molecule has 1 aromatic carbocycles. The van der Waals surface area contributed by atoms with Crippen LogP contribution in [0.5, 0.6) is 5.75 Å². The quantitative estimate of drug-likeness (QED) is 0.691. The summed E-state index contributed by atoms with van der Waals surface area (Å²) in [6, 6.07) is 8.17. The number of rotatable bonds is 6. The lowest BCUT2D eigenvalue weighted by Crippen LogP contribution is -2.31.